The highest BCUT2D eigenvalue weighted by molar-refractivity contribution is 5.90. The Morgan fingerprint density at radius 1 is 1.13 bits per heavy atom. The van der Waals surface area contributed by atoms with Crippen molar-refractivity contribution in [1.82, 2.24) is 0 Å². The highest BCUT2D eigenvalue weighted by Gasteiger charge is 2.17. The molecule has 0 radical (unpaired) electrons. The van der Waals surface area contributed by atoms with Crippen LogP contribution in [0.25, 0.3) is 0 Å². The van der Waals surface area contributed by atoms with Crippen LogP contribution in [0.15, 0.2) is 12.1 Å². The zero-order chi connectivity index (χ0) is 11.4. The van der Waals surface area contributed by atoms with Gasteiger partial charge in [0.15, 0.2) is 11.5 Å². The van der Waals surface area contributed by atoms with Gasteiger partial charge >= 0.3 is 5.97 Å². The van der Waals surface area contributed by atoms with Gasteiger partial charge in [0.1, 0.15) is 5.82 Å². The number of carbonyl (C=O) groups excluding carboxylic acids is 1. The third-order valence-electron chi connectivity index (χ3n) is 1.88. The normalized spacial score (nSPS) is 9.60. The number of benzene rings is 1. The fourth-order valence-corrected chi connectivity index (χ4v) is 1.12. The van der Waals surface area contributed by atoms with Crippen molar-refractivity contribution >= 4 is 5.97 Å². The van der Waals surface area contributed by atoms with Crippen LogP contribution in [0.3, 0.4) is 0 Å². The second kappa shape index (κ2) is 4.63. The number of hydrogen-bond donors (Lipinski definition) is 0. The lowest BCUT2D eigenvalue weighted by Gasteiger charge is -2.09. The van der Waals surface area contributed by atoms with E-state index in [9.17, 15) is 9.18 Å². The average molecular weight is 214 g/mol. The van der Waals surface area contributed by atoms with Crippen LogP contribution < -0.4 is 9.47 Å². The Balaban J connectivity index is 3.25. The summed E-state index contributed by atoms with van der Waals surface area (Å²) in [7, 11) is 3.96. The summed E-state index contributed by atoms with van der Waals surface area (Å²) in [6.45, 7) is 0. The maximum absolute atomic E-state index is 13.4. The Morgan fingerprint density at radius 2 is 1.67 bits per heavy atom. The highest BCUT2D eigenvalue weighted by Crippen LogP contribution is 2.29. The number of esters is 1. The summed E-state index contributed by atoms with van der Waals surface area (Å²) < 4.78 is 27.6. The maximum atomic E-state index is 13.4. The molecule has 0 bridgehead atoms. The van der Waals surface area contributed by atoms with Gasteiger partial charge in [-0.1, -0.05) is 0 Å². The first-order valence-corrected chi connectivity index (χ1v) is 4.13. The number of methoxy groups -OCH3 is 3. The average Bonchev–Trinajstić information content (AvgIpc) is 2.27. The van der Waals surface area contributed by atoms with Crippen LogP contribution in [0.2, 0.25) is 0 Å². The summed E-state index contributed by atoms with van der Waals surface area (Å²) in [5, 5.41) is 0. The molecular weight excluding hydrogens is 203 g/mol. The molecule has 1 aromatic carbocycles. The zero-order valence-corrected chi connectivity index (χ0v) is 8.67. The van der Waals surface area contributed by atoms with E-state index >= 15 is 0 Å². The van der Waals surface area contributed by atoms with Crippen molar-refractivity contribution in [3.63, 3.8) is 0 Å². The number of carbonyl (C=O) groups is 1. The topological polar surface area (TPSA) is 44.8 Å². The van der Waals surface area contributed by atoms with Gasteiger partial charge in [-0.3, -0.25) is 0 Å². The minimum atomic E-state index is -0.756. The van der Waals surface area contributed by atoms with Gasteiger partial charge in [-0.15, -0.1) is 0 Å². The van der Waals surface area contributed by atoms with Crippen molar-refractivity contribution in [2.75, 3.05) is 21.3 Å². The summed E-state index contributed by atoms with van der Waals surface area (Å²) >= 11 is 0. The van der Waals surface area contributed by atoms with Gasteiger partial charge in [0.05, 0.1) is 26.9 Å². The molecule has 0 atom stereocenters. The van der Waals surface area contributed by atoms with E-state index in [1.807, 2.05) is 0 Å². The fraction of sp³-hybridized carbons (Fsp3) is 0.300. The van der Waals surface area contributed by atoms with Crippen molar-refractivity contribution in [3.05, 3.63) is 23.5 Å². The predicted octanol–water partition coefficient (Wildman–Crippen LogP) is 1.63. The highest BCUT2D eigenvalue weighted by atomic mass is 19.1. The Kier molecular flexibility index (Phi) is 3.49. The molecule has 1 aromatic rings. The predicted molar refractivity (Wildman–Crippen MR) is 50.8 cm³/mol. The van der Waals surface area contributed by atoms with Crippen molar-refractivity contribution in [2.24, 2.45) is 0 Å². The van der Waals surface area contributed by atoms with E-state index in [4.69, 9.17) is 9.47 Å². The summed E-state index contributed by atoms with van der Waals surface area (Å²) in [6.07, 6.45) is 0. The van der Waals surface area contributed by atoms with Crippen LogP contribution in [0.4, 0.5) is 4.39 Å². The molecule has 0 saturated carbocycles. The fourth-order valence-electron chi connectivity index (χ4n) is 1.12. The third kappa shape index (κ3) is 2.18. The van der Waals surface area contributed by atoms with Crippen LogP contribution in [-0.4, -0.2) is 27.3 Å². The van der Waals surface area contributed by atoms with Gasteiger partial charge < -0.3 is 14.2 Å². The van der Waals surface area contributed by atoms with Gasteiger partial charge in [0, 0.05) is 12.1 Å². The van der Waals surface area contributed by atoms with Gasteiger partial charge in [-0.25, -0.2) is 9.18 Å². The molecule has 4 nitrogen and oxygen atoms in total. The molecule has 5 heteroatoms. The first-order valence-electron chi connectivity index (χ1n) is 4.13. The van der Waals surface area contributed by atoms with E-state index < -0.39 is 11.8 Å². The van der Waals surface area contributed by atoms with Gasteiger partial charge in [0.2, 0.25) is 0 Å². The minimum absolute atomic E-state index is 0.185. The van der Waals surface area contributed by atoms with Crippen molar-refractivity contribution < 1.29 is 23.4 Å². The van der Waals surface area contributed by atoms with Crippen LogP contribution >= 0.6 is 0 Å². The number of halogens is 1. The lowest BCUT2D eigenvalue weighted by Crippen LogP contribution is -2.05. The lowest BCUT2D eigenvalue weighted by molar-refractivity contribution is 0.0595. The minimum Gasteiger partial charge on any atom is -0.493 e. The monoisotopic (exact) mass is 214 g/mol. The van der Waals surface area contributed by atoms with Crippen LogP contribution in [-0.2, 0) is 4.74 Å². The number of hydrogen-bond acceptors (Lipinski definition) is 4. The Labute approximate surface area is 86.6 Å². The Morgan fingerprint density at radius 3 is 2.13 bits per heavy atom. The zero-order valence-electron chi connectivity index (χ0n) is 8.67. The molecule has 0 aliphatic carbocycles. The van der Waals surface area contributed by atoms with E-state index in [0.717, 1.165) is 6.07 Å². The molecule has 82 valence electrons. The van der Waals surface area contributed by atoms with Crippen molar-refractivity contribution in [3.8, 4) is 11.5 Å². The second-order valence-corrected chi connectivity index (χ2v) is 2.68. The quantitative estimate of drug-likeness (QED) is 0.717. The van der Waals surface area contributed by atoms with E-state index in [2.05, 4.69) is 4.74 Å². The van der Waals surface area contributed by atoms with Crippen LogP contribution in [0, 0.1) is 5.82 Å². The second-order valence-electron chi connectivity index (χ2n) is 2.68. The van der Waals surface area contributed by atoms with Gasteiger partial charge in [-0.05, 0) is 0 Å². The van der Waals surface area contributed by atoms with Gasteiger partial charge in [-0.2, -0.15) is 0 Å². The Hall–Kier alpha value is -1.78. The van der Waals surface area contributed by atoms with E-state index in [-0.39, 0.29) is 17.1 Å². The smallest absolute Gasteiger partial charge is 0.340 e. The standard InChI is InChI=1S/C10H11FO4/c1-13-8-4-6(10(12)15-3)7(11)5-9(8)14-2/h4-5H,1-3H3. The van der Waals surface area contributed by atoms with E-state index in [0.29, 0.717) is 0 Å². The molecule has 1 rings (SSSR count). The molecule has 0 aromatic heterocycles. The van der Waals surface area contributed by atoms with Gasteiger partial charge in [0.25, 0.3) is 0 Å². The first-order chi connectivity index (χ1) is 7.13. The number of rotatable bonds is 3. The molecule has 0 saturated heterocycles. The lowest BCUT2D eigenvalue weighted by atomic mass is 10.2. The Bertz CT molecular complexity index is 376. The molecule has 0 heterocycles. The SMILES string of the molecule is COC(=O)c1cc(OC)c(OC)cc1F. The molecule has 0 fully saturated rings. The largest absolute Gasteiger partial charge is 0.493 e. The van der Waals surface area contributed by atoms with Crippen LogP contribution in [0.1, 0.15) is 10.4 Å². The molecule has 15 heavy (non-hydrogen) atoms. The van der Waals surface area contributed by atoms with E-state index in [1.54, 1.807) is 0 Å². The summed E-state index contributed by atoms with van der Waals surface area (Å²) in [6, 6.07) is 2.31. The summed E-state index contributed by atoms with van der Waals surface area (Å²) in [5.41, 5.74) is -0.185. The molecule has 0 spiro atoms. The van der Waals surface area contributed by atoms with Crippen molar-refractivity contribution in [1.29, 1.82) is 0 Å². The van der Waals surface area contributed by atoms with Crippen molar-refractivity contribution in [2.45, 2.75) is 0 Å². The molecular formula is C10H11FO4. The molecule has 0 aliphatic rings. The number of ether oxygens (including phenoxy) is 3. The third-order valence-corrected chi connectivity index (χ3v) is 1.88. The molecule has 0 aliphatic heterocycles. The summed E-state index contributed by atoms with van der Waals surface area (Å²) in [5.74, 6) is -0.963. The molecule has 0 unspecified atom stereocenters. The first kappa shape index (κ1) is 11.3. The molecule has 0 amide bonds. The summed E-state index contributed by atoms with van der Waals surface area (Å²) in [4.78, 5) is 11.1. The molecule has 0 N–H and O–H groups in total. The van der Waals surface area contributed by atoms with E-state index in [1.165, 1.54) is 27.4 Å². The van der Waals surface area contributed by atoms with Crippen LogP contribution in [0.5, 0.6) is 11.5 Å². The maximum Gasteiger partial charge on any atom is 0.340 e.